The van der Waals surface area contributed by atoms with Crippen molar-refractivity contribution in [3.8, 4) is 5.75 Å². The average Bonchev–Trinajstić information content (AvgIpc) is 3.27. The Balaban J connectivity index is 1.98. The topological polar surface area (TPSA) is 72.5 Å². The second kappa shape index (κ2) is 6.19. The van der Waals surface area contributed by atoms with Crippen LogP contribution in [-0.2, 0) is 11.3 Å². The number of rotatable bonds is 7. The number of aromatic nitrogens is 1. The molecule has 1 fully saturated rings. The van der Waals surface area contributed by atoms with Crippen LogP contribution in [0.2, 0.25) is 0 Å². The van der Waals surface area contributed by atoms with Gasteiger partial charge in [0.2, 0.25) is 0 Å². The summed E-state index contributed by atoms with van der Waals surface area (Å²) >= 11 is 0. The molecule has 1 aromatic heterocycles. The molecule has 0 unspecified atom stereocenters. The van der Waals surface area contributed by atoms with Gasteiger partial charge in [0, 0.05) is 45.1 Å². The lowest BCUT2D eigenvalue weighted by atomic mass is 10.2. The zero-order valence-electron chi connectivity index (χ0n) is 12.2. The van der Waals surface area contributed by atoms with E-state index in [1.807, 2.05) is 0 Å². The van der Waals surface area contributed by atoms with E-state index in [-0.39, 0.29) is 11.5 Å². The molecule has 1 aliphatic rings. The summed E-state index contributed by atoms with van der Waals surface area (Å²) in [4.78, 5) is 15.7. The highest BCUT2D eigenvalue weighted by Crippen LogP contribution is 2.38. The standard InChI is InChI=1S/C14H21N3O3/c1-15-13(18)11-6-12(19-2)10(8-17-11)7-16-9-14(20-3)4-5-14/h6,8,16H,4-5,7,9H2,1-3H3,(H,15,18). The number of hydrogen-bond acceptors (Lipinski definition) is 5. The fraction of sp³-hybridized carbons (Fsp3) is 0.571. The quantitative estimate of drug-likeness (QED) is 0.769. The molecule has 0 bridgehead atoms. The van der Waals surface area contributed by atoms with E-state index in [0.29, 0.717) is 18.0 Å². The second-order valence-corrected chi connectivity index (χ2v) is 4.95. The van der Waals surface area contributed by atoms with Gasteiger partial charge in [-0.2, -0.15) is 0 Å². The largest absolute Gasteiger partial charge is 0.496 e. The van der Waals surface area contributed by atoms with E-state index < -0.39 is 0 Å². The van der Waals surface area contributed by atoms with Gasteiger partial charge in [-0.15, -0.1) is 0 Å². The van der Waals surface area contributed by atoms with Crippen LogP contribution in [0.25, 0.3) is 0 Å². The van der Waals surface area contributed by atoms with Crippen LogP contribution in [0.3, 0.4) is 0 Å². The Kier molecular flexibility index (Phi) is 4.57. The van der Waals surface area contributed by atoms with Crippen LogP contribution in [0.15, 0.2) is 12.3 Å². The van der Waals surface area contributed by atoms with E-state index in [4.69, 9.17) is 9.47 Å². The fourth-order valence-electron chi connectivity index (χ4n) is 2.06. The Morgan fingerprint density at radius 2 is 2.20 bits per heavy atom. The van der Waals surface area contributed by atoms with E-state index in [0.717, 1.165) is 24.9 Å². The van der Waals surface area contributed by atoms with Gasteiger partial charge >= 0.3 is 0 Å². The fourth-order valence-corrected chi connectivity index (χ4v) is 2.06. The summed E-state index contributed by atoms with van der Waals surface area (Å²) in [5, 5.41) is 5.89. The lowest BCUT2D eigenvalue weighted by Crippen LogP contribution is -2.29. The van der Waals surface area contributed by atoms with Crippen molar-refractivity contribution in [2.75, 3.05) is 27.8 Å². The van der Waals surface area contributed by atoms with Gasteiger partial charge < -0.3 is 20.1 Å². The zero-order valence-corrected chi connectivity index (χ0v) is 12.2. The van der Waals surface area contributed by atoms with Crippen LogP contribution in [0, 0.1) is 0 Å². The number of amides is 1. The molecule has 110 valence electrons. The number of carbonyl (C=O) groups excluding carboxylic acids is 1. The predicted octanol–water partition coefficient (Wildman–Crippen LogP) is 0.718. The number of carbonyl (C=O) groups is 1. The molecule has 0 atom stereocenters. The molecule has 0 radical (unpaired) electrons. The molecule has 1 aliphatic carbocycles. The maximum absolute atomic E-state index is 11.5. The van der Waals surface area contributed by atoms with E-state index >= 15 is 0 Å². The van der Waals surface area contributed by atoms with Crippen LogP contribution in [-0.4, -0.2) is 44.3 Å². The number of methoxy groups -OCH3 is 2. The molecule has 6 nitrogen and oxygen atoms in total. The highest BCUT2D eigenvalue weighted by atomic mass is 16.5. The van der Waals surface area contributed by atoms with Gasteiger partial charge in [0.05, 0.1) is 12.7 Å². The molecule has 1 amide bonds. The molecule has 2 N–H and O–H groups in total. The summed E-state index contributed by atoms with van der Waals surface area (Å²) in [6.07, 6.45) is 3.87. The highest BCUT2D eigenvalue weighted by molar-refractivity contribution is 5.92. The highest BCUT2D eigenvalue weighted by Gasteiger charge is 2.42. The third-order valence-electron chi connectivity index (χ3n) is 3.63. The molecule has 0 spiro atoms. The molecular formula is C14H21N3O3. The number of pyridine rings is 1. The molecule has 0 saturated heterocycles. The van der Waals surface area contributed by atoms with Crippen LogP contribution >= 0.6 is 0 Å². The van der Waals surface area contributed by atoms with Crippen molar-refractivity contribution in [2.24, 2.45) is 0 Å². The van der Waals surface area contributed by atoms with Crippen LogP contribution < -0.4 is 15.4 Å². The number of nitrogens with one attached hydrogen (secondary N) is 2. The predicted molar refractivity (Wildman–Crippen MR) is 74.9 cm³/mol. The maximum Gasteiger partial charge on any atom is 0.269 e. The summed E-state index contributed by atoms with van der Waals surface area (Å²) in [6.45, 7) is 1.44. The van der Waals surface area contributed by atoms with Crippen LogP contribution in [0.1, 0.15) is 28.9 Å². The van der Waals surface area contributed by atoms with Gasteiger partial charge in [-0.3, -0.25) is 9.78 Å². The van der Waals surface area contributed by atoms with Gasteiger partial charge in [-0.05, 0) is 12.8 Å². The van der Waals surface area contributed by atoms with Gasteiger partial charge in [-0.1, -0.05) is 0 Å². The SMILES string of the molecule is CNC(=O)c1cc(OC)c(CNCC2(OC)CC2)cn1. The van der Waals surface area contributed by atoms with Crippen molar-refractivity contribution in [1.29, 1.82) is 0 Å². The van der Waals surface area contributed by atoms with E-state index in [1.54, 1.807) is 33.5 Å². The second-order valence-electron chi connectivity index (χ2n) is 4.95. The summed E-state index contributed by atoms with van der Waals surface area (Å²) in [6, 6.07) is 1.65. The molecule has 2 rings (SSSR count). The Labute approximate surface area is 118 Å². The Morgan fingerprint density at radius 1 is 1.45 bits per heavy atom. The van der Waals surface area contributed by atoms with Crippen LogP contribution in [0.4, 0.5) is 0 Å². The summed E-state index contributed by atoms with van der Waals surface area (Å²) in [5.74, 6) is 0.437. The van der Waals surface area contributed by atoms with E-state index in [9.17, 15) is 4.79 Å². The van der Waals surface area contributed by atoms with E-state index in [2.05, 4.69) is 15.6 Å². The van der Waals surface area contributed by atoms with Crippen molar-refractivity contribution in [3.05, 3.63) is 23.5 Å². The first-order valence-electron chi connectivity index (χ1n) is 6.65. The Bertz CT molecular complexity index is 487. The minimum absolute atomic E-state index is 0.0166. The molecule has 1 saturated carbocycles. The van der Waals surface area contributed by atoms with Gasteiger partial charge in [0.1, 0.15) is 11.4 Å². The molecule has 6 heteroatoms. The first kappa shape index (κ1) is 14.7. The van der Waals surface area contributed by atoms with Gasteiger partial charge in [0.25, 0.3) is 5.91 Å². The number of ether oxygens (including phenoxy) is 2. The first-order valence-corrected chi connectivity index (χ1v) is 6.65. The Hall–Kier alpha value is -1.66. The van der Waals surface area contributed by atoms with Gasteiger partial charge in [0.15, 0.2) is 0 Å². The summed E-state index contributed by atoms with van der Waals surface area (Å²) in [5.41, 5.74) is 1.29. The molecule has 1 aromatic rings. The first-order chi connectivity index (χ1) is 9.64. The molecule has 20 heavy (non-hydrogen) atoms. The lowest BCUT2D eigenvalue weighted by Gasteiger charge is -2.15. The zero-order chi connectivity index (χ0) is 14.6. The molecule has 1 heterocycles. The van der Waals surface area contributed by atoms with Crippen LogP contribution in [0.5, 0.6) is 5.75 Å². The van der Waals surface area contributed by atoms with Gasteiger partial charge in [-0.25, -0.2) is 0 Å². The minimum Gasteiger partial charge on any atom is -0.496 e. The van der Waals surface area contributed by atoms with E-state index in [1.165, 1.54) is 0 Å². The van der Waals surface area contributed by atoms with Crippen molar-refractivity contribution in [2.45, 2.75) is 25.0 Å². The van der Waals surface area contributed by atoms with Crippen molar-refractivity contribution in [1.82, 2.24) is 15.6 Å². The van der Waals surface area contributed by atoms with Crippen molar-refractivity contribution < 1.29 is 14.3 Å². The molecule has 0 aromatic carbocycles. The summed E-state index contributed by atoms with van der Waals surface area (Å²) in [7, 11) is 4.91. The monoisotopic (exact) mass is 279 g/mol. The minimum atomic E-state index is -0.223. The smallest absolute Gasteiger partial charge is 0.269 e. The van der Waals surface area contributed by atoms with Crippen molar-refractivity contribution in [3.63, 3.8) is 0 Å². The molecule has 0 aliphatic heterocycles. The third-order valence-corrected chi connectivity index (χ3v) is 3.63. The lowest BCUT2D eigenvalue weighted by molar-refractivity contribution is 0.0795. The summed E-state index contributed by atoms with van der Waals surface area (Å²) < 4.78 is 10.8. The third kappa shape index (κ3) is 3.26. The van der Waals surface area contributed by atoms with Crippen molar-refractivity contribution >= 4 is 5.91 Å². The Morgan fingerprint density at radius 3 is 2.75 bits per heavy atom. The normalized spacial score (nSPS) is 15.8. The number of nitrogens with zero attached hydrogens (tertiary/aromatic N) is 1. The maximum atomic E-state index is 11.5. The molecular weight excluding hydrogens is 258 g/mol. The number of hydrogen-bond donors (Lipinski definition) is 2. The average molecular weight is 279 g/mol.